The van der Waals surface area contributed by atoms with Crippen molar-refractivity contribution in [2.24, 2.45) is 11.8 Å². The highest BCUT2D eigenvalue weighted by Gasteiger charge is 2.43. The lowest BCUT2D eigenvalue weighted by Gasteiger charge is -2.09. The Morgan fingerprint density at radius 3 is 2.81 bits per heavy atom. The Morgan fingerprint density at radius 2 is 2.25 bits per heavy atom. The number of aliphatic carboxylic acids is 1. The van der Waals surface area contributed by atoms with Crippen molar-refractivity contribution in [3.63, 3.8) is 0 Å². The Morgan fingerprint density at radius 1 is 1.50 bits per heavy atom. The standard InChI is InChI=1S/C13H16O3/c1-8-3-4-12(9(2)5-8)16-7-10-6-11(10)13(14)15/h3-5,10-11H,6-7H2,1-2H3,(H,14,15)/t10-,11+/m0/s1. The third kappa shape index (κ3) is 2.35. The Bertz CT molecular complexity index is 412. The van der Waals surface area contributed by atoms with Crippen LogP contribution >= 0.6 is 0 Å². The van der Waals surface area contributed by atoms with Gasteiger partial charge in [0.2, 0.25) is 0 Å². The van der Waals surface area contributed by atoms with E-state index in [0.29, 0.717) is 6.61 Å². The van der Waals surface area contributed by atoms with Gasteiger partial charge >= 0.3 is 5.97 Å². The first-order valence-electron chi connectivity index (χ1n) is 5.51. The molecule has 3 nitrogen and oxygen atoms in total. The molecule has 1 fully saturated rings. The number of hydrogen-bond donors (Lipinski definition) is 1. The third-order valence-electron chi connectivity index (χ3n) is 3.02. The number of aryl methyl sites for hydroxylation is 2. The summed E-state index contributed by atoms with van der Waals surface area (Å²) in [5.41, 5.74) is 2.31. The van der Waals surface area contributed by atoms with Crippen LogP contribution in [0.25, 0.3) is 0 Å². The van der Waals surface area contributed by atoms with Crippen LogP contribution in [-0.4, -0.2) is 17.7 Å². The van der Waals surface area contributed by atoms with E-state index in [1.165, 1.54) is 5.56 Å². The lowest BCUT2D eigenvalue weighted by Crippen LogP contribution is -2.06. The van der Waals surface area contributed by atoms with Crippen LogP contribution in [0.3, 0.4) is 0 Å². The average Bonchev–Trinajstić information content (AvgIpc) is 2.96. The minimum absolute atomic E-state index is 0.189. The summed E-state index contributed by atoms with van der Waals surface area (Å²) in [6, 6.07) is 6.02. The van der Waals surface area contributed by atoms with Crippen LogP contribution in [0, 0.1) is 25.7 Å². The van der Waals surface area contributed by atoms with Gasteiger partial charge in [0.1, 0.15) is 5.75 Å². The molecule has 0 saturated heterocycles. The first-order valence-corrected chi connectivity index (χ1v) is 5.51. The molecule has 0 heterocycles. The molecule has 16 heavy (non-hydrogen) atoms. The van der Waals surface area contributed by atoms with Crippen molar-refractivity contribution in [3.05, 3.63) is 29.3 Å². The molecule has 2 rings (SSSR count). The molecule has 1 aliphatic carbocycles. The second-order valence-electron chi connectivity index (χ2n) is 4.52. The average molecular weight is 220 g/mol. The molecule has 1 N–H and O–H groups in total. The number of rotatable bonds is 4. The van der Waals surface area contributed by atoms with Gasteiger partial charge in [-0.3, -0.25) is 4.79 Å². The van der Waals surface area contributed by atoms with Crippen LogP contribution in [0.15, 0.2) is 18.2 Å². The highest BCUT2D eigenvalue weighted by Crippen LogP contribution is 2.39. The molecule has 0 bridgehead atoms. The molecule has 0 amide bonds. The van der Waals surface area contributed by atoms with Crippen LogP contribution in [0.5, 0.6) is 5.75 Å². The second-order valence-corrected chi connectivity index (χ2v) is 4.52. The van der Waals surface area contributed by atoms with Gasteiger partial charge < -0.3 is 9.84 Å². The van der Waals surface area contributed by atoms with Gasteiger partial charge in [-0.25, -0.2) is 0 Å². The summed E-state index contributed by atoms with van der Waals surface area (Å²) in [4.78, 5) is 10.6. The molecule has 0 unspecified atom stereocenters. The van der Waals surface area contributed by atoms with Crippen molar-refractivity contribution < 1.29 is 14.6 Å². The van der Waals surface area contributed by atoms with Crippen molar-refractivity contribution in [1.82, 2.24) is 0 Å². The third-order valence-corrected chi connectivity index (χ3v) is 3.02. The molecule has 0 radical (unpaired) electrons. The second kappa shape index (κ2) is 4.16. The maximum atomic E-state index is 10.6. The van der Waals surface area contributed by atoms with Gasteiger partial charge in [-0.15, -0.1) is 0 Å². The Kier molecular flexibility index (Phi) is 2.86. The summed E-state index contributed by atoms with van der Waals surface area (Å²) < 4.78 is 5.63. The summed E-state index contributed by atoms with van der Waals surface area (Å²) in [7, 11) is 0. The lowest BCUT2D eigenvalue weighted by molar-refractivity contribution is -0.138. The van der Waals surface area contributed by atoms with Crippen LogP contribution in [0.4, 0.5) is 0 Å². The van der Waals surface area contributed by atoms with Crippen LogP contribution < -0.4 is 4.74 Å². The Balaban J connectivity index is 1.89. The minimum Gasteiger partial charge on any atom is -0.493 e. The summed E-state index contributed by atoms with van der Waals surface area (Å²) in [6.45, 7) is 4.56. The maximum absolute atomic E-state index is 10.6. The van der Waals surface area contributed by atoms with Crippen molar-refractivity contribution >= 4 is 5.97 Å². The summed E-state index contributed by atoms with van der Waals surface area (Å²) in [5.74, 6) is 0.167. The molecule has 3 heteroatoms. The molecule has 86 valence electrons. The smallest absolute Gasteiger partial charge is 0.306 e. The molecule has 0 spiro atoms. The fourth-order valence-electron chi connectivity index (χ4n) is 1.89. The van der Waals surface area contributed by atoms with E-state index in [0.717, 1.165) is 17.7 Å². The Hall–Kier alpha value is -1.51. The lowest BCUT2D eigenvalue weighted by atomic mass is 10.1. The van der Waals surface area contributed by atoms with E-state index < -0.39 is 5.97 Å². The van der Waals surface area contributed by atoms with Gasteiger partial charge in [0.25, 0.3) is 0 Å². The normalized spacial score (nSPS) is 22.9. The van der Waals surface area contributed by atoms with Gasteiger partial charge in [0.05, 0.1) is 12.5 Å². The van der Waals surface area contributed by atoms with Gasteiger partial charge in [-0.05, 0) is 31.9 Å². The largest absolute Gasteiger partial charge is 0.493 e. The van der Waals surface area contributed by atoms with E-state index in [4.69, 9.17) is 9.84 Å². The van der Waals surface area contributed by atoms with Crippen molar-refractivity contribution in [2.45, 2.75) is 20.3 Å². The summed E-state index contributed by atoms with van der Waals surface area (Å²) in [6.07, 6.45) is 0.750. The van der Waals surface area contributed by atoms with Crippen molar-refractivity contribution in [3.8, 4) is 5.75 Å². The molecule has 0 aliphatic heterocycles. The van der Waals surface area contributed by atoms with Gasteiger partial charge in [-0.2, -0.15) is 0 Å². The predicted molar refractivity (Wildman–Crippen MR) is 60.6 cm³/mol. The number of ether oxygens (including phenoxy) is 1. The fourth-order valence-corrected chi connectivity index (χ4v) is 1.89. The van der Waals surface area contributed by atoms with E-state index in [9.17, 15) is 4.79 Å². The molecule has 1 aromatic carbocycles. The molecule has 1 saturated carbocycles. The molecule has 1 aliphatic rings. The first-order chi connectivity index (χ1) is 7.58. The number of benzene rings is 1. The van der Waals surface area contributed by atoms with Gasteiger partial charge in [0, 0.05) is 5.92 Å². The maximum Gasteiger partial charge on any atom is 0.306 e. The zero-order chi connectivity index (χ0) is 11.7. The number of hydrogen-bond acceptors (Lipinski definition) is 2. The van der Waals surface area contributed by atoms with Gasteiger partial charge in [-0.1, -0.05) is 17.7 Å². The van der Waals surface area contributed by atoms with E-state index in [-0.39, 0.29) is 11.8 Å². The van der Waals surface area contributed by atoms with Crippen LogP contribution in [0.2, 0.25) is 0 Å². The quantitative estimate of drug-likeness (QED) is 0.847. The number of carboxylic acid groups (broad SMARTS) is 1. The van der Waals surface area contributed by atoms with Gasteiger partial charge in [0.15, 0.2) is 0 Å². The SMILES string of the molecule is Cc1ccc(OC[C@@H]2C[C@H]2C(=O)O)c(C)c1. The van der Waals surface area contributed by atoms with Crippen LogP contribution in [0.1, 0.15) is 17.5 Å². The Labute approximate surface area is 95.0 Å². The molecule has 0 aromatic heterocycles. The summed E-state index contributed by atoms with van der Waals surface area (Å²) in [5, 5.41) is 8.76. The molecular formula is C13H16O3. The zero-order valence-corrected chi connectivity index (χ0v) is 9.56. The van der Waals surface area contributed by atoms with Crippen molar-refractivity contribution in [2.75, 3.05) is 6.61 Å². The topological polar surface area (TPSA) is 46.5 Å². The van der Waals surface area contributed by atoms with E-state index in [1.54, 1.807) is 0 Å². The highest BCUT2D eigenvalue weighted by atomic mass is 16.5. The zero-order valence-electron chi connectivity index (χ0n) is 9.56. The van der Waals surface area contributed by atoms with E-state index >= 15 is 0 Å². The number of carbonyl (C=O) groups is 1. The number of carboxylic acids is 1. The first kappa shape index (κ1) is 11.0. The molecule has 1 aromatic rings. The highest BCUT2D eigenvalue weighted by molar-refractivity contribution is 5.73. The minimum atomic E-state index is -0.700. The summed E-state index contributed by atoms with van der Waals surface area (Å²) >= 11 is 0. The predicted octanol–water partition coefficient (Wildman–Crippen LogP) is 2.40. The molecular weight excluding hydrogens is 204 g/mol. The van der Waals surface area contributed by atoms with Crippen LogP contribution in [-0.2, 0) is 4.79 Å². The molecule has 2 atom stereocenters. The monoisotopic (exact) mass is 220 g/mol. The van der Waals surface area contributed by atoms with Crippen molar-refractivity contribution in [1.29, 1.82) is 0 Å². The fraction of sp³-hybridized carbons (Fsp3) is 0.462. The van der Waals surface area contributed by atoms with E-state index in [2.05, 4.69) is 6.07 Å². The van der Waals surface area contributed by atoms with E-state index in [1.807, 2.05) is 26.0 Å².